The summed E-state index contributed by atoms with van der Waals surface area (Å²) in [7, 11) is 3.39. The number of likely N-dealkylation sites (N-methyl/N-ethyl adjacent to an activating group) is 1. The normalized spacial score (nSPS) is 12.0. The van der Waals surface area contributed by atoms with Crippen molar-refractivity contribution in [2.45, 2.75) is 13.0 Å². The molecule has 1 aromatic heterocycles. The Hall–Kier alpha value is -1.92. The molecule has 1 aromatic carbocycles. The topological polar surface area (TPSA) is 68.5 Å². The number of amides is 1. The van der Waals surface area contributed by atoms with Gasteiger partial charge in [-0.1, -0.05) is 0 Å². The highest BCUT2D eigenvalue weighted by Crippen LogP contribution is 2.27. The van der Waals surface area contributed by atoms with Gasteiger partial charge in [-0.25, -0.2) is 4.98 Å². The van der Waals surface area contributed by atoms with Gasteiger partial charge in [-0.05, 0) is 31.2 Å². The van der Waals surface area contributed by atoms with Crippen LogP contribution in [0.5, 0.6) is 5.75 Å². The van der Waals surface area contributed by atoms with Crippen LogP contribution in [0.25, 0.3) is 10.6 Å². The maximum Gasteiger partial charge on any atom is 0.265 e. The highest BCUT2D eigenvalue weighted by Gasteiger charge is 2.19. The summed E-state index contributed by atoms with van der Waals surface area (Å²) in [5, 5.41) is 0.815. The molecular formula is C15H19N3O2S. The molecule has 0 saturated heterocycles. The van der Waals surface area contributed by atoms with E-state index in [1.807, 2.05) is 31.2 Å². The van der Waals surface area contributed by atoms with Gasteiger partial charge in [-0.15, -0.1) is 11.3 Å². The first kappa shape index (κ1) is 15.5. The SMILES string of the molecule is COc1ccc(-c2ncc(C(=O)N(C)C(C)CN)s2)cc1. The van der Waals surface area contributed by atoms with Gasteiger partial charge in [0.25, 0.3) is 5.91 Å². The zero-order chi connectivity index (χ0) is 15.4. The van der Waals surface area contributed by atoms with Gasteiger partial charge in [0.05, 0.1) is 13.3 Å². The molecule has 0 spiro atoms. The molecule has 1 unspecified atom stereocenters. The third-order valence-corrected chi connectivity index (χ3v) is 4.41. The predicted molar refractivity (Wildman–Crippen MR) is 84.7 cm³/mol. The van der Waals surface area contributed by atoms with Crippen molar-refractivity contribution in [3.63, 3.8) is 0 Å². The molecule has 2 aromatic rings. The number of carbonyl (C=O) groups excluding carboxylic acids is 1. The molecule has 1 atom stereocenters. The molecule has 0 fully saturated rings. The van der Waals surface area contributed by atoms with Crippen LogP contribution in [-0.4, -0.2) is 42.5 Å². The Morgan fingerprint density at radius 2 is 2.10 bits per heavy atom. The lowest BCUT2D eigenvalue weighted by Crippen LogP contribution is -2.39. The minimum atomic E-state index is -0.0507. The Morgan fingerprint density at radius 1 is 1.43 bits per heavy atom. The van der Waals surface area contributed by atoms with Crippen LogP contribution in [0.1, 0.15) is 16.6 Å². The van der Waals surface area contributed by atoms with Gasteiger partial charge >= 0.3 is 0 Å². The van der Waals surface area contributed by atoms with Gasteiger partial charge in [-0.2, -0.15) is 0 Å². The number of thiazole rings is 1. The number of ether oxygens (including phenoxy) is 1. The first-order valence-electron chi connectivity index (χ1n) is 6.64. The van der Waals surface area contributed by atoms with Crippen LogP contribution in [-0.2, 0) is 0 Å². The van der Waals surface area contributed by atoms with Crippen LogP contribution in [0.2, 0.25) is 0 Å². The van der Waals surface area contributed by atoms with Gasteiger partial charge in [0.15, 0.2) is 0 Å². The van der Waals surface area contributed by atoms with E-state index < -0.39 is 0 Å². The Balaban J connectivity index is 2.19. The van der Waals surface area contributed by atoms with Crippen LogP contribution >= 0.6 is 11.3 Å². The minimum Gasteiger partial charge on any atom is -0.497 e. The number of methoxy groups -OCH3 is 1. The zero-order valence-corrected chi connectivity index (χ0v) is 13.2. The second-order valence-corrected chi connectivity index (χ2v) is 5.79. The second-order valence-electron chi connectivity index (χ2n) is 4.76. The maximum atomic E-state index is 12.3. The summed E-state index contributed by atoms with van der Waals surface area (Å²) in [6, 6.07) is 7.61. The molecule has 0 aliphatic carbocycles. The molecule has 5 nitrogen and oxygen atoms in total. The number of hydrogen-bond acceptors (Lipinski definition) is 5. The van der Waals surface area contributed by atoms with Crippen molar-refractivity contribution in [1.82, 2.24) is 9.88 Å². The first-order valence-corrected chi connectivity index (χ1v) is 7.46. The van der Waals surface area contributed by atoms with Crippen LogP contribution in [0, 0.1) is 0 Å². The van der Waals surface area contributed by atoms with Gasteiger partial charge in [0, 0.05) is 25.2 Å². The standard InChI is InChI=1S/C15H19N3O2S/c1-10(8-16)18(2)15(19)13-9-17-14(21-13)11-4-6-12(20-3)7-5-11/h4-7,9-10H,8,16H2,1-3H3. The Kier molecular flexibility index (Phi) is 4.93. The lowest BCUT2D eigenvalue weighted by atomic mass is 10.2. The van der Waals surface area contributed by atoms with Crippen LogP contribution < -0.4 is 10.5 Å². The van der Waals surface area contributed by atoms with Crippen molar-refractivity contribution >= 4 is 17.2 Å². The zero-order valence-electron chi connectivity index (χ0n) is 12.4. The van der Waals surface area contributed by atoms with Crippen molar-refractivity contribution in [3.8, 4) is 16.3 Å². The van der Waals surface area contributed by atoms with Crippen LogP contribution in [0.4, 0.5) is 0 Å². The van der Waals surface area contributed by atoms with E-state index in [9.17, 15) is 4.79 Å². The van der Waals surface area contributed by atoms with E-state index in [0.717, 1.165) is 16.3 Å². The largest absolute Gasteiger partial charge is 0.497 e. The monoisotopic (exact) mass is 305 g/mol. The fourth-order valence-corrected chi connectivity index (χ4v) is 2.68. The number of nitrogens with two attached hydrogens (primary N) is 1. The van der Waals surface area contributed by atoms with Gasteiger partial charge in [0.1, 0.15) is 15.6 Å². The number of benzene rings is 1. The fraction of sp³-hybridized carbons (Fsp3) is 0.333. The number of nitrogens with zero attached hydrogens (tertiary/aromatic N) is 2. The first-order chi connectivity index (χ1) is 10.1. The quantitative estimate of drug-likeness (QED) is 0.920. The van der Waals surface area contributed by atoms with Crippen LogP contribution in [0.15, 0.2) is 30.5 Å². The molecule has 112 valence electrons. The van der Waals surface area contributed by atoms with E-state index in [0.29, 0.717) is 11.4 Å². The summed E-state index contributed by atoms with van der Waals surface area (Å²) in [4.78, 5) is 18.9. The summed E-state index contributed by atoms with van der Waals surface area (Å²) in [6.45, 7) is 2.36. The molecule has 0 bridgehead atoms. The second kappa shape index (κ2) is 6.69. The lowest BCUT2D eigenvalue weighted by molar-refractivity contribution is 0.0753. The van der Waals surface area contributed by atoms with Gasteiger partial charge < -0.3 is 15.4 Å². The molecule has 0 radical (unpaired) electrons. The molecule has 1 amide bonds. The fourth-order valence-electron chi connectivity index (χ4n) is 1.77. The van der Waals surface area contributed by atoms with E-state index >= 15 is 0 Å². The van der Waals surface area contributed by atoms with Crippen molar-refractivity contribution in [2.75, 3.05) is 20.7 Å². The molecule has 0 aliphatic rings. The average Bonchev–Trinajstić information content (AvgIpc) is 3.02. The minimum absolute atomic E-state index is 0.00374. The van der Waals surface area contributed by atoms with E-state index in [4.69, 9.17) is 10.5 Å². The third-order valence-electron chi connectivity index (χ3n) is 3.38. The predicted octanol–water partition coefficient (Wildman–Crippen LogP) is 2.24. The van der Waals surface area contributed by atoms with Gasteiger partial charge in [0.2, 0.25) is 0 Å². The van der Waals surface area contributed by atoms with Crippen molar-refractivity contribution in [1.29, 1.82) is 0 Å². The molecular weight excluding hydrogens is 286 g/mol. The van der Waals surface area contributed by atoms with Crippen molar-refractivity contribution < 1.29 is 9.53 Å². The molecule has 2 N–H and O–H groups in total. The highest BCUT2D eigenvalue weighted by molar-refractivity contribution is 7.16. The van der Waals surface area contributed by atoms with Crippen molar-refractivity contribution in [3.05, 3.63) is 35.3 Å². The van der Waals surface area contributed by atoms with Crippen molar-refractivity contribution in [2.24, 2.45) is 5.73 Å². The molecule has 0 saturated carbocycles. The summed E-state index contributed by atoms with van der Waals surface area (Å²) in [6.07, 6.45) is 1.62. The molecule has 21 heavy (non-hydrogen) atoms. The molecule has 6 heteroatoms. The average molecular weight is 305 g/mol. The lowest BCUT2D eigenvalue weighted by Gasteiger charge is -2.22. The summed E-state index contributed by atoms with van der Waals surface area (Å²) in [5.74, 6) is 0.744. The van der Waals surface area contributed by atoms with E-state index in [1.54, 1.807) is 25.3 Å². The Bertz CT molecular complexity index is 610. The van der Waals surface area contributed by atoms with E-state index in [1.165, 1.54) is 11.3 Å². The van der Waals surface area contributed by atoms with Crippen LogP contribution in [0.3, 0.4) is 0 Å². The maximum absolute atomic E-state index is 12.3. The third kappa shape index (κ3) is 3.40. The highest BCUT2D eigenvalue weighted by atomic mass is 32.1. The summed E-state index contributed by atoms with van der Waals surface area (Å²) in [5.41, 5.74) is 6.56. The number of aromatic nitrogens is 1. The number of rotatable bonds is 5. The Labute approximate surface area is 128 Å². The number of carbonyl (C=O) groups is 1. The molecule has 2 rings (SSSR count). The number of hydrogen-bond donors (Lipinski definition) is 1. The molecule has 1 heterocycles. The van der Waals surface area contributed by atoms with E-state index in [-0.39, 0.29) is 11.9 Å². The Morgan fingerprint density at radius 3 is 2.67 bits per heavy atom. The smallest absolute Gasteiger partial charge is 0.265 e. The summed E-state index contributed by atoms with van der Waals surface area (Å²) < 4.78 is 5.13. The molecule has 0 aliphatic heterocycles. The summed E-state index contributed by atoms with van der Waals surface area (Å²) >= 11 is 1.38. The van der Waals surface area contributed by atoms with Gasteiger partial charge in [-0.3, -0.25) is 4.79 Å². The van der Waals surface area contributed by atoms with E-state index in [2.05, 4.69) is 4.98 Å².